The monoisotopic (exact) mass is 462 g/mol. The van der Waals surface area contributed by atoms with E-state index in [2.05, 4.69) is 22.4 Å². The number of urea groups is 1. The second-order valence-electron chi connectivity index (χ2n) is 10.1. The van der Waals surface area contributed by atoms with Crippen molar-refractivity contribution < 1.29 is 14.3 Å². The summed E-state index contributed by atoms with van der Waals surface area (Å²) in [5.74, 6) is 0.176. The van der Waals surface area contributed by atoms with Crippen LogP contribution < -0.4 is 5.32 Å². The van der Waals surface area contributed by atoms with Crippen LogP contribution in [-0.2, 0) is 5.41 Å². The van der Waals surface area contributed by atoms with Crippen LogP contribution >= 0.6 is 0 Å². The van der Waals surface area contributed by atoms with Gasteiger partial charge in [-0.3, -0.25) is 4.90 Å². The highest BCUT2D eigenvalue weighted by molar-refractivity contribution is 5.89. The lowest BCUT2D eigenvalue weighted by Crippen LogP contribution is -2.48. The number of carbonyl (C=O) groups is 1. The first-order chi connectivity index (χ1) is 16.5. The molecular weight excluding hydrogens is 431 g/mol. The number of aliphatic hydroxyl groups excluding tert-OH is 1. The molecule has 1 saturated heterocycles. The quantitative estimate of drug-likeness (QED) is 0.677. The topological polar surface area (TPSA) is 79.6 Å². The van der Waals surface area contributed by atoms with Crippen molar-refractivity contribution in [2.45, 2.75) is 49.7 Å². The number of fused-ring (bicyclic) bond motifs is 1. The normalized spacial score (nSPS) is 28.1. The van der Waals surface area contributed by atoms with E-state index in [0.717, 1.165) is 45.2 Å². The molecule has 0 spiro atoms. The van der Waals surface area contributed by atoms with Gasteiger partial charge in [0, 0.05) is 37.9 Å². The Morgan fingerprint density at radius 1 is 1.26 bits per heavy atom. The number of carbonyl (C=O) groups excluding carboxylic acids is 1. The number of nitriles is 1. The lowest BCUT2D eigenvalue weighted by Gasteiger charge is -2.37. The van der Waals surface area contributed by atoms with E-state index in [1.165, 1.54) is 17.7 Å². The molecule has 2 saturated carbocycles. The molecule has 34 heavy (non-hydrogen) atoms. The minimum atomic E-state index is -0.333. The summed E-state index contributed by atoms with van der Waals surface area (Å²) in [4.78, 5) is 17.5. The van der Waals surface area contributed by atoms with E-state index in [0.29, 0.717) is 30.3 Å². The Bertz CT molecular complexity index is 1080. The van der Waals surface area contributed by atoms with Gasteiger partial charge in [-0.15, -0.1) is 0 Å². The number of amides is 2. The SMILES string of the molecule is N#Cc1cccc(C23CCC(N(CCN4CC[C@@H](O)C4)C(=O)Nc4ccc(F)cc4)CC2C3)c1. The highest BCUT2D eigenvalue weighted by Crippen LogP contribution is 2.62. The number of benzene rings is 2. The minimum absolute atomic E-state index is 0.132. The minimum Gasteiger partial charge on any atom is -0.392 e. The number of anilines is 1. The second-order valence-corrected chi connectivity index (χ2v) is 10.1. The van der Waals surface area contributed by atoms with E-state index < -0.39 is 0 Å². The number of likely N-dealkylation sites (tertiary alicyclic amines) is 1. The zero-order valence-corrected chi connectivity index (χ0v) is 19.3. The Kier molecular flexibility index (Phi) is 6.28. The number of nitrogens with one attached hydrogen (secondary N) is 1. The van der Waals surface area contributed by atoms with Gasteiger partial charge < -0.3 is 15.3 Å². The third-order valence-electron chi connectivity index (χ3n) is 7.98. The molecule has 5 rings (SSSR count). The zero-order valence-electron chi connectivity index (χ0n) is 19.3. The molecule has 3 aliphatic rings. The Hall–Kier alpha value is -2.95. The fourth-order valence-electron chi connectivity index (χ4n) is 5.99. The van der Waals surface area contributed by atoms with E-state index in [9.17, 15) is 19.6 Å². The molecule has 2 aromatic rings. The molecule has 3 fully saturated rings. The van der Waals surface area contributed by atoms with Crippen molar-refractivity contribution in [1.29, 1.82) is 5.26 Å². The molecule has 4 atom stereocenters. The van der Waals surface area contributed by atoms with Crippen molar-refractivity contribution in [3.63, 3.8) is 0 Å². The smallest absolute Gasteiger partial charge is 0.322 e. The van der Waals surface area contributed by atoms with Gasteiger partial charge in [-0.2, -0.15) is 5.26 Å². The maximum absolute atomic E-state index is 13.3. The van der Waals surface area contributed by atoms with Gasteiger partial charge in [0.2, 0.25) is 0 Å². The number of nitrogens with zero attached hydrogens (tertiary/aromatic N) is 3. The molecule has 0 radical (unpaired) electrons. The van der Waals surface area contributed by atoms with Crippen LogP contribution in [0.15, 0.2) is 48.5 Å². The van der Waals surface area contributed by atoms with Crippen LogP contribution in [0.5, 0.6) is 0 Å². The van der Waals surface area contributed by atoms with Crippen molar-refractivity contribution in [1.82, 2.24) is 9.80 Å². The van der Waals surface area contributed by atoms with Crippen LogP contribution in [0.2, 0.25) is 0 Å². The molecule has 1 heterocycles. The van der Waals surface area contributed by atoms with E-state index in [4.69, 9.17) is 0 Å². The number of hydrogen-bond acceptors (Lipinski definition) is 4. The predicted molar refractivity (Wildman–Crippen MR) is 128 cm³/mol. The van der Waals surface area contributed by atoms with Gasteiger partial charge in [-0.1, -0.05) is 12.1 Å². The molecule has 0 aromatic heterocycles. The number of β-amino-alcohol motifs (C(OH)–C–C–N with tert-alkyl or cyclic N) is 1. The molecule has 3 unspecified atom stereocenters. The van der Waals surface area contributed by atoms with Crippen molar-refractivity contribution >= 4 is 11.7 Å². The molecule has 1 aliphatic heterocycles. The average molecular weight is 463 g/mol. The third kappa shape index (κ3) is 4.66. The van der Waals surface area contributed by atoms with Crippen LogP contribution in [0.4, 0.5) is 14.9 Å². The van der Waals surface area contributed by atoms with Gasteiger partial charge in [0.25, 0.3) is 0 Å². The summed E-state index contributed by atoms with van der Waals surface area (Å²) in [5, 5.41) is 22.1. The average Bonchev–Trinajstić information content (AvgIpc) is 3.45. The molecule has 2 aliphatic carbocycles. The number of rotatable bonds is 6. The van der Waals surface area contributed by atoms with Crippen LogP contribution in [0, 0.1) is 23.1 Å². The van der Waals surface area contributed by atoms with E-state index >= 15 is 0 Å². The first kappa shape index (κ1) is 22.8. The molecule has 2 aromatic carbocycles. The van der Waals surface area contributed by atoms with Crippen molar-refractivity contribution in [2.75, 3.05) is 31.5 Å². The predicted octanol–water partition coefficient (Wildman–Crippen LogP) is 4.11. The molecule has 2 amide bonds. The summed E-state index contributed by atoms with van der Waals surface area (Å²) in [5.41, 5.74) is 2.68. The van der Waals surface area contributed by atoms with E-state index in [-0.39, 0.29) is 29.4 Å². The maximum atomic E-state index is 13.3. The molecular formula is C27H31FN4O2. The van der Waals surface area contributed by atoms with Gasteiger partial charge >= 0.3 is 6.03 Å². The fraction of sp³-hybridized carbons (Fsp3) is 0.481. The Balaban J connectivity index is 1.28. The fourth-order valence-corrected chi connectivity index (χ4v) is 5.99. The summed E-state index contributed by atoms with van der Waals surface area (Å²) in [6.45, 7) is 2.82. The molecule has 7 heteroatoms. The lowest BCUT2D eigenvalue weighted by molar-refractivity contribution is 0.142. The first-order valence-electron chi connectivity index (χ1n) is 12.2. The zero-order chi connectivity index (χ0) is 23.7. The van der Waals surface area contributed by atoms with Crippen molar-refractivity contribution in [3.05, 3.63) is 65.5 Å². The molecule has 0 bridgehead atoms. The summed E-state index contributed by atoms with van der Waals surface area (Å²) >= 11 is 0. The highest BCUT2D eigenvalue weighted by atomic mass is 19.1. The van der Waals surface area contributed by atoms with Crippen molar-refractivity contribution in [3.8, 4) is 6.07 Å². The summed E-state index contributed by atoms with van der Waals surface area (Å²) in [6.07, 6.45) is 4.44. The molecule has 6 nitrogen and oxygen atoms in total. The summed E-state index contributed by atoms with van der Waals surface area (Å²) in [7, 11) is 0. The standard InChI is InChI=1S/C27H31FN4O2/c28-22-4-6-23(7-5-22)30-26(34)32(13-12-31-11-9-25(33)18-31)24-8-10-27(16-21(27)15-24)20-3-1-2-19(14-20)17-29/h1-7,14,21,24-25,33H,8-13,15-16,18H2,(H,30,34)/t21?,24?,25-,27?/m1/s1. The van der Waals surface area contributed by atoms with E-state index in [1.54, 1.807) is 12.1 Å². The van der Waals surface area contributed by atoms with Crippen LogP contribution in [0.3, 0.4) is 0 Å². The number of aliphatic hydroxyl groups is 1. The Morgan fingerprint density at radius 2 is 2.09 bits per heavy atom. The van der Waals surface area contributed by atoms with Gasteiger partial charge in [0.15, 0.2) is 0 Å². The van der Waals surface area contributed by atoms with Gasteiger partial charge in [-0.25, -0.2) is 9.18 Å². The molecule has 2 N–H and O–H groups in total. The van der Waals surface area contributed by atoms with Gasteiger partial charge in [0.1, 0.15) is 5.82 Å². The maximum Gasteiger partial charge on any atom is 0.322 e. The molecule has 178 valence electrons. The van der Waals surface area contributed by atoms with Crippen LogP contribution in [0.1, 0.15) is 43.2 Å². The highest BCUT2D eigenvalue weighted by Gasteiger charge is 2.58. The third-order valence-corrected chi connectivity index (χ3v) is 7.98. The van der Waals surface area contributed by atoms with E-state index in [1.807, 2.05) is 23.1 Å². The van der Waals surface area contributed by atoms with Gasteiger partial charge in [0.05, 0.1) is 17.7 Å². The summed E-state index contributed by atoms with van der Waals surface area (Å²) < 4.78 is 13.3. The van der Waals surface area contributed by atoms with Crippen LogP contribution in [-0.4, -0.2) is 59.3 Å². The Morgan fingerprint density at radius 3 is 2.79 bits per heavy atom. The Labute approximate surface area is 200 Å². The number of hydrogen-bond donors (Lipinski definition) is 2. The summed E-state index contributed by atoms with van der Waals surface area (Å²) in [6, 6.07) is 16.1. The number of halogens is 1. The van der Waals surface area contributed by atoms with Crippen molar-refractivity contribution in [2.24, 2.45) is 5.92 Å². The second kappa shape index (κ2) is 9.36. The lowest BCUT2D eigenvalue weighted by atomic mass is 9.80. The van der Waals surface area contributed by atoms with Gasteiger partial charge in [-0.05, 0) is 85.4 Å². The first-order valence-corrected chi connectivity index (χ1v) is 12.2. The largest absolute Gasteiger partial charge is 0.392 e. The van der Waals surface area contributed by atoms with Crippen LogP contribution in [0.25, 0.3) is 0 Å².